The van der Waals surface area contributed by atoms with E-state index in [1.165, 1.54) is 0 Å². The Hall–Kier alpha value is -0.690. The molecule has 0 saturated carbocycles. The summed E-state index contributed by atoms with van der Waals surface area (Å²) in [4.78, 5) is 10.5. The summed E-state index contributed by atoms with van der Waals surface area (Å²) in [6, 6.07) is 1.83. The molecule has 1 heterocycles. The highest BCUT2D eigenvalue weighted by Gasteiger charge is 2.30. The normalized spacial score (nSPS) is 25.9. The third-order valence-electron chi connectivity index (χ3n) is 1.84. The van der Waals surface area contributed by atoms with Crippen LogP contribution in [0.15, 0.2) is 0 Å². The fourth-order valence-electron chi connectivity index (χ4n) is 1.18. The largest absolute Gasteiger partial charge is 0.480 e. The van der Waals surface area contributed by atoms with Crippen molar-refractivity contribution in [3.63, 3.8) is 0 Å². The van der Waals surface area contributed by atoms with Gasteiger partial charge < -0.3 is 5.11 Å². The first-order valence-electron chi connectivity index (χ1n) is 3.46. The number of carboxylic acids is 1. The fraction of sp³-hybridized carbons (Fsp3) is 0.714. The molecule has 3 nitrogen and oxygen atoms in total. The molecule has 0 amide bonds. The maximum Gasteiger partial charge on any atom is 0.321 e. The van der Waals surface area contributed by atoms with Crippen molar-refractivity contribution < 1.29 is 9.90 Å². The second kappa shape index (κ2) is 3.63. The molecule has 1 aliphatic heterocycles. The third kappa shape index (κ3) is 1.87. The number of hydrogen-bond donors (Lipinski definition) is 1. The van der Waals surface area contributed by atoms with Crippen molar-refractivity contribution >= 4 is 17.7 Å². The average Bonchev–Trinajstić information content (AvgIpc) is 2.40. The van der Waals surface area contributed by atoms with Crippen molar-refractivity contribution in [3.8, 4) is 6.07 Å². The summed E-state index contributed by atoms with van der Waals surface area (Å²) in [7, 11) is 0. The lowest BCUT2D eigenvalue weighted by Gasteiger charge is -2.09. The van der Waals surface area contributed by atoms with Crippen LogP contribution in [0.1, 0.15) is 6.42 Å². The molecule has 1 aliphatic rings. The molecule has 0 spiro atoms. The van der Waals surface area contributed by atoms with Crippen LogP contribution in [0, 0.1) is 23.2 Å². The van der Waals surface area contributed by atoms with Crippen molar-refractivity contribution in [2.45, 2.75) is 6.42 Å². The van der Waals surface area contributed by atoms with E-state index in [9.17, 15) is 4.79 Å². The third-order valence-corrected chi connectivity index (χ3v) is 3.03. The van der Waals surface area contributed by atoms with Gasteiger partial charge in [0.05, 0.1) is 6.07 Å². The van der Waals surface area contributed by atoms with Gasteiger partial charge in [-0.3, -0.25) is 4.79 Å². The minimum Gasteiger partial charge on any atom is -0.480 e. The predicted octanol–water partition coefficient (Wildman–Crippen LogP) is 0.964. The Balaban J connectivity index is 2.55. The standard InChI is InChI=1S/C7H9NO2S/c8-3-6(7(9)10)5-1-2-11-4-5/h5-6H,1-2,4H2,(H,9,10). The summed E-state index contributed by atoms with van der Waals surface area (Å²) in [5, 5.41) is 17.1. The van der Waals surface area contributed by atoms with Crippen molar-refractivity contribution in [2.75, 3.05) is 11.5 Å². The number of aliphatic carboxylic acids is 1. The van der Waals surface area contributed by atoms with Gasteiger partial charge in [0.2, 0.25) is 0 Å². The van der Waals surface area contributed by atoms with Crippen LogP contribution in [0.5, 0.6) is 0 Å². The Morgan fingerprint density at radius 1 is 1.82 bits per heavy atom. The van der Waals surface area contributed by atoms with Crippen molar-refractivity contribution in [1.82, 2.24) is 0 Å². The number of carbonyl (C=O) groups is 1. The predicted molar refractivity (Wildman–Crippen MR) is 42.2 cm³/mol. The Morgan fingerprint density at radius 2 is 2.55 bits per heavy atom. The average molecular weight is 171 g/mol. The van der Waals surface area contributed by atoms with Crippen LogP contribution in [0.2, 0.25) is 0 Å². The van der Waals surface area contributed by atoms with E-state index in [-0.39, 0.29) is 5.92 Å². The van der Waals surface area contributed by atoms with Crippen LogP contribution in [0.25, 0.3) is 0 Å². The number of hydrogen-bond acceptors (Lipinski definition) is 3. The van der Waals surface area contributed by atoms with Gasteiger partial charge in [-0.15, -0.1) is 0 Å². The minimum absolute atomic E-state index is 0.0718. The molecule has 2 unspecified atom stereocenters. The van der Waals surface area contributed by atoms with E-state index in [0.29, 0.717) is 0 Å². The van der Waals surface area contributed by atoms with Crippen molar-refractivity contribution in [3.05, 3.63) is 0 Å². The maximum atomic E-state index is 10.5. The molecule has 0 aromatic heterocycles. The molecule has 0 aliphatic carbocycles. The summed E-state index contributed by atoms with van der Waals surface area (Å²) in [5.41, 5.74) is 0. The molecule has 0 radical (unpaired) electrons. The van der Waals surface area contributed by atoms with Crippen LogP contribution < -0.4 is 0 Å². The van der Waals surface area contributed by atoms with Crippen LogP contribution in [-0.4, -0.2) is 22.6 Å². The highest BCUT2D eigenvalue weighted by atomic mass is 32.2. The number of carboxylic acid groups (broad SMARTS) is 1. The second-order valence-electron chi connectivity index (χ2n) is 2.57. The summed E-state index contributed by atoms with van der Waals surface area (Å²) in [6.45, 7) is 0. The van der Waals surface area contributed by atoms with E-state index in [1.54, 1.807) is 11.8 Å². The van der Waals surface area contributed by atoms with Gasteiger partial charge in [-0.25, -0.2) is 0 Å². The lowest BCUT2D eigenvalue weighted by atomic mass is 9.93. The van der Waals surface area contributed by atoms with Gasteiger partial charge in [-0.05, 0) is 23.8 Å². The van der Waals surface area contributed by atoms with E-state index >= 15 is 0 Å². The Morgan fingerprint density at radius 3 is 2.91 bits per heavy atom. The Bertz CT molecular complexity index is 193. The van der Waals surface area contributed by atoms with E-state index in [4.69, 9.17) is 10.4 Å². The van der Waals surface area contributed by atoms with Gasteiger partial charge in [0, 0.05) is 0 Å². The van der Waals surface area contributed by atoms with Crippen LogP contribution in [-0.2, 0) is 4.79 Å². The number of nitriles is 1. The molecule has 0 aromatic rings. The van der Waals surface area contributed by atoms with Gasteiger partial charge >= 0.3 is 5.97 Å². The summed E-state index contributed by atoms with van der Waals surface area (Å²) in [5.74, 6) is 0.133. The molecule has 0 bridgehead atoms. The second-order valence-corrected chi connectivity index (χ2v) is 3.72. The highest BCUT2D eigenvalue weighted by Crippen LogP contribution is 2.29. The smallest absolute Gasteiger partial charge is 0.321 e. The first-order chi connectivity index (χ1) is 5.25. The molecule has 0 aromatic carbocycles. The molecule has 60 valence electrons. The van der Waals surface area contributed by atoms with Gasteiger partial charge in [-0.2, -0.15) is 17.0 Å². The minimum atomic E-state index is -0.972. The molecule has 1 rings (SSSR count). The summed E-state index contributed by atoms with van der Waals surface area (Å²) in [6.07, 6.45) is 0.870. The van der Waals surface area contributed by atoms with Crippen LogP contribution in [0.3, 0.4) is 0 Å². The Labute approximate surface area is 69.4 Å². The molecule has 2 atom stereocenters. The SMILES string of the molecule is N#CC(C(=O)O)C1CCSC1. The number of nitrogens with zero attached hydrogens (tertiary/aromatic N) is 1. The van der Waals surface area contributed by atoms with E-state index in [2.05, 4.69) is 0 Å². The molecule has 1 N–H and O–H groups in total. The maximum absolute atomic E-state index is 10.5. The first-order valence-corrected chi connectivity index (χ1v) is 4.61. The van der Waals surface area contributed by atoms with Crippen LogP contribution >= 0.6 is 11.8 Å². The summed E-state index contributed by atoms with van der Waals surface area (Å²) >= 11 is 1.73. The molecular formula is C7H9NO2S. The zero-order valence-corrected chi connectivity index (χ0v) is 6.80. The topological polar surface area (TPSA) is 61.1 Å². The molecular weight excluding hydrogens is 162 g/mol. The number of rotatable bonds is 2. The fourth-order valence-corrected chi connectivity index (χ4v) is 2.48. The van der Waals surface area contributed by atoms with Crippen molar-refractivity contribution in [2.24, 2.45) is 11.8 Å². The van der Waals surface area contributed by atoms with E-state index in [1.807, 2.05) is 6.07 Å². The van der Waals surface area contributed by atoms with Gasteiger partial charge in [0.15, 0.2) is 0 Å². The molecule has 1 fully saturated rings. The van der Waals surface area contributed by atoms with Gasteiger partial charge in [0.25, 0.3) is 0 Å². The van der Waals surface area contributed by atoms with E-state index < -0.39 is 11.9 Å². The number of thioether (sulfide) groups is 1. The Kier molecular flexibility index (Phi) is 2.77. The zero-order valence-electron chi connectivity index (χ0n) is 5.99. The van der Waals surface area contributed by atoms with Gasteiger partial charge in [-0.1, -0.05) is 0 Å². The van der Waals surface area contributed by atoms with Crippen LogP contribution in [0.4, 0.5) is 0 Å². The molecule has 11 heavy (non-hydrogen) atoms. The lowest BCUT2D eigenvalue weighted by Crippen LogP contribution is -2.21. The monoisotopic (exact) mass is 171 g/mol. The zero-order chi connectivity index (χ0) is 8.27. The molecule has 1 saturated heterocycles. The van der Waals surface area contributed by atoms with E-state index in [0.717, 1.165) is 17.9 Å². The lowest BCUT2D eigenvalue weighted by molar-refractivity contribution is -0.141. The summed E-state index contributed by atoms with van der Waals surface area (Å²) < 4.78 is 0. The van der Waals surface area contributed by atoms with Gasteiger partial charge in [0.1, 0.15) is 5.92 Å². The molecule has 4 heteroatoms. The first kappa shape index (κ1) is 8.41. The quantitative estimate of drug-likeness (QED) is 0.672. The van der Waals surface area contributed by atoms with Crippen molar-refractivity contribution in [1.29, 1.82) is 5.26 Å². The highest BCUT2D eigenvalue weighted by molar-refractivity contribution is 7.99.